The Balaban J connectivity index is 1.30. The molecule has 1 aromatic rings. The zero-order valence-corrected chi connectivity index (χ0v) is 16.1. The number of likely N-dealkylation sites (tertiary alicyclic amines) is 1. The number of amides is 1. The van der Waals surface area contributed by atoms with Gasteiger partial charge in [-0.05, 0) is 43.6 Å². The highest BCUT2D eigenvalue weighted by molar-refractivity contribution is 5.79. The molecule has 6 nitrogen and oxygen atoms in total. The third kappa shape index (κ3) is 5.21. The van der Waals surface area contributed by atoms with Gasteiger partial charge in [-0.25, -0.2) is 0 Å². The van der Waals surface area contributed by atoms with Crippen LogP contribution in [0.1, 0.15) is 24.8 Å². The highest BCUT2D eigenvalue weighted by Gasteiger charge is 2.33. The summed E-state index contributed by atoms with van der Waals surface area (Å²) in [6.07, 6.45) is 4.00. The number of hydrogen-bond donors (Lipinski definition) is 1. The summed E-state index contributed by atoms with van der Waals surface area (Å²) in [5, 5.41) is 3.09. The third-order valence-corrected chi connectivity index (χ3v) is 5.74. The van der Waals surface area contributed by atoms with Crippen molar-refractivity contribution in [1.82, 2.24) is 15.1 Å². The molecule has 0 unspecified atom stereocenters. The molecule has 3 fully saturated rings. The van der Waals surface area contributed by atoms with Gasteiger partial charge in [-0.2, -0.15) is 0 Å². The first-order valence-electron chi connectivity index (χ1n) is 10.3. The monoisotopic (exact) mass is 373 g/mol. The van der Waals surface area contributed by atoms with Gasteiger partial charge in [0.2, 0.25) is 5.91 Å². The van der Waals surface area contributed by atoms with Gasteiger partial charge in [0, 0.05) is 26.2 Å². The molecule has 3 aliphatic heterocycles. The summed E-state index contributed by atoms with van der Waals surface area (Å²) >= 11 is 0. The number of hydrogen-bond acceptors (Lipinski definition) is 5. The van der Waals surface area contributed by atoms with Crippen LogP contribution in [0.4, 0.5) is 0 Å². The summed E-state index contributed by atoms with van der Waals surface area (Å²) in [6.45, 7) is 7.72. The maximum Gasteiger partial charge on any atom is 0.227 e. The van der Waals surface area contributed by atoms with Crippen LogP contribution < -0.4 is 10.1 Å². The van der Waals surface area contributed by atoms with Gasteiger partial charge in [-0.3, -0.25) is 14.6 Å². The standard InChI is InChI=1S/C21H31N3O3/c25-21-18-13-24(14-19(22-21)16-26-15-18)12-17-5-4-6-20(11-17)27-10-9-23-7-2-1-3-8-23/h4-6,11,18-19H,1-3,7-10,12-16H2,(H,22,25)/t18-,19+/m1/s1. The van der Waals surface area contributed by atoms with E-state index in [1.54, 1.807) is 0 Å². The van der Waals surface area contributed by atoms with E-state index in [0.29, 0.717) is 13.2 Å². The normalized spacial score (nSPS) is 27.0. The van der Waals surface area contributed by atoms with Crippen LogP contribution in [0.25, 0.3) is 0 Å². The van der Waals surface area contributed by atoms with E-state index in [0.717, 1.165) is 38.5 Å². The van der Waals surface area contributed by atoms with Crippen molar-refractivity contribution in [2.75, 3.05) is 52.5 Å². The predicted molar refractivity (Wildman–Crippen MR) is 104 cm³/mol. The molecule has 148 valence electrons. The number of carbonyl (C=O) groups excluding carboxylic acids is 1. The number of piperidine rings is 1. The first-order valence-corrected chi connectivity index (χ1v) is 10.3. The smallest absolute Gasteiger partial charge is 0.227 e. The average Bonchev–Trinajstić information content (AvgIpc) is 2.91. The topological polar surface area (TPSA) is 54.0 Å². The number of benzene rings is 1. The number of carbonyl (C=O) groups is 1. The summed E-state index contributed by atoms with van der Waals surface area (Å²) in [5.74, 6) is 1.01. The molecule has 0 radical (unpaired) electrons. The summed E-state index contributed by atoms with van der Waals surface area (Å²) in [6, 6.07) is 8.48. The number of nitrogens with zero attached hydrogens (tertiary/aromatic N) is 2. The zero-order valence-electron chi connectivity index (χ0n) is 16.1. The maximum absolute atomic E-state index is 12.2. The van der Waals surface area contributed by atoms with Crippen LogP contribution in [0, 0.1) is 5.92 Å². The van der Waals surface area contributed by atoms with Crippen molar-refractivity contribution in [2.24, 2.45) is 5.92 Å². The second-order valence-electron chi connectivity index (χ2n) is 8.03. The lowest BCUT2D eigenvalue weighted by Crippen LogP contribution is -2.41. The van der Waals surface area contributed by atoms with E-state index in [2.05, 4.69) is 33.3 Å². The molecule has 3 aliphatic rings. The molecule has 0 saturated carbocycles. The van der Waals surface area contributed by atoms with Gasteiger partial charge in [0.1, 0.15) is 12.4 Å². The molecule has 6 heteroatoms. The van der Waals surface area contributed by atoms with Crippen molar-refractivity contribution >= 4 is 5.91 Å². The van der Waals surface area contributed by atoms with Crippen LogP contribution in [0.2, 0.25) is 0 Å². The molecule has 3 heterocycles. The summed E-state index contributed by atoms with van der Waals surface area (Å²) in [4.78, 5) is 17.0. The van der Waals surface area contributed by atoms with Crippen LogP contribution in [-0.4, -0.2) is 74.3 Å². The van der Waals surface area contributed by atoms with Gasteiger partial charge < -0.3 is 14.8 Å². The van der Waals surface area contributed by atoms with E-state index in [4.69, 9.17) is 9.47 Å². The van der Waals surface area contributed by atoms with E-state index >= 15 is 0 Å². The number of rotatable bonds is 6. The molecule has 0 spiro atoms. The zero-order chi connectivity index (χ0) is 18.5. The third-order valence-electron chi connectivity index (χ3n) is 5.74. The van der Waals surface area contributed by atoms with E-state index in [-0.39, 0.29) is 17.9 Å². The highest BCUT2D eigenvalue weighted by atomic mass is 16.5. The molecule has 3 saturated heterocycles. The van der Waals surface area contributed by atoms with Crippen molar-refractivity contribution < 1.29 is 14.3 Å². The van der Waals surface area contributed by atoms with Crippen LogP contribution in [0.5, 0.6) is 5.75 Å². The van der Waals surface area contributed by atoms with E-state index in [1.807, 2.05) is 6.07 Å². The molecular formula is C21H31N3O3. The molecule has 2 bridgehead atoms. The van der Waals surface area contributed by atoms with Crippen molar-refractivity contribution in [3.8, 4) is 5.75 Å². The van der Waals surface area contributed by atoms with Gasteiger partial charge in [-0.1, -0.05) is 18.6 Å². The Kier molecular flexibility index (Phi) is 6.27. The number of ether oxygens (including phenoxy) is 2. The van der Waals surface area contributed by atoms with Crippen LogP contribution in [0.15, 0.2) is 24.3 Å². The number of nitrogens with one attached hydrogen (secondary N) is 1. The Hall–Kier alpha value is -1.63. The predicted octanol–water partition coefficient (Wildman–Crippen LogP) is 1.50. The second-order valence-corrected chi connectivity index (χ2v) is 8.03. The van der Waals surface area contributed by atoms with Gasteiger partial charge >= 0.3 is 0 Å². The minimum Gasteiger partial charge on any atom is -0.492 e. The first-order chi connectivity index (χ1) is 13.3. The molecule has 4 rings (SSSR count). The Morgan fingerprint density at radius 1 is 1.11 bits per heavy atom. The van der Waals surface area contributed by atoms with E-state index < -0.39 is 0 Å². The molecule has 1 N–H and O–H groups in total. The van der Waals surface area contributed by atoms with Crippen LogP contribution in [0.3, 0.4) is 0 Å². The van der Waals surface area contributed by atoms with Gasteiger partial charge in [0.25, 0.3) is 0 Å². The lowest BCUT2D eigenvalue weighted by molar-refractivity contribution is -0.125. The molecule has 2 atom stereocenters. The van der Waals surface area contributed by atoms with Crippen molar-refractivity contribution in [2.45, 2.75) is 31.8 Å². The Bertz CT molecular complexity index is 633. The fourth-order valence-electron chi connectivity index (χ4n) is 4.32. The SMILES string of the molecule is O=C1N[C@@H]2COC[C@H]1CN(Cc1cccc(OCCN3CCCCC3)c1)C2. The summed E-state index contributed by atoms with van der Waals surface area (Å²) in [5.41, 5.74) is 1.24. The molecule has 27 heavy (non-hydrogen) atoms. The minimum atomic E-state index is -0.0681. The highest BCUT2D eigenvalue weighted by Crippen LogP contribution is 2.19. The Morgan fingerprint density at radius 2 is 2.00 bits per heavy atom. The van der Waals surface area contributed by atoms with Crippen LogP contribution >= 0.6 is 0 Å². The molecule has 1 aromatic carbocycles. The summed E-state index contributed by atoms with van der Waals surface area (Å²) < 4.78 is 11.6. The Labute approximate surface area is 161 Å². The Morgan fingerprint density at radius 3 is 2.89 bits per heavy atom. The second kappa shape index (κ2) is 9.04. The van der Waals surface area contributed by atoms with Crippen molar-refractivity contribution in [3.05, 3.63) is 29.8 Å². The van der Waals surface area contributed by atoms with E-state index in [1.165, 1.54) is 37.9 Å². The maximum atomic E-state index is 12.2. The molecule has 1 amide bonds. The van der Waals surface area contributed by atoms with Crippen molar-refractivity contribution in [1.29, 1.82) is 0 Å². The van der Waals surface area contributed by atoms with Gasteiger partial charge in [0.15, 0.2) is 0 Å². The quantitative estimate of drug-likeness (QED) is 0.819. The largest absolute Gasteiger partial charge is 0.492 e. The lowest BCUT2D eigenvalue weighted by Gasteiger charge is -2.27. The summed E-state index contributed by atoms with van der Waals surface area (Å²) in [7, 11) is 0. The van der Waals surface area contributed by atoms with Crippen LogP contribution in [-0.2, 0) is 16.1 Å². The fraction of sp³-hybridized carbons (Fsp3) is 0.667. The average molecular weight is 373 g/mol. The van der Waals surface area contributed by atoms with E-state index in [9.17, 15) is 4.79 Å². The lowest BCUT2D eigenvalue weighted by atomic mass is 10.1. The molecule has 0 aromatic heterocycles. The molecular weight excluding hydrogens is 342 g/mol. The molecule has 0 aliphatic carbocycles. The van der Waals surface area contributed by atoms with Gasteiger partial charge in [0.05, 0.1) is 25.2 Å². The van der Waals surface area contributed by atoms with Gasteiger partial charge in [-0.15, -0.1) is 0 Å². The first kappa shape index (κ1) is 18.7. The van der Waals surface area contributed by atoms with Crippen molar-refractivity contribution in [3.63, 3.8) is 0 Å². The number of fused-ring (bicyclic) bond motifs is 3. The fourth-order valence-corrected chi connectivity index (χ4v) is 4.32. The minimum absolute atomic E-state index is 0.0681.